The van der Waals surface area contributed by atoms with Crippen LogP contribution in [0.15, 0.2) is 24.3 Å². The van der Waals surface area contributed by atoms with E-state index in [9.17, 15) is 4.79 Å². The lowest BCUT2D eigenvalue weighted by atomic mass is 10.1. The molecule has 0 amide bonds. The van der Waals surface area contributed by atoms with Gasteiger partial charge in [0.15, 0.2) is 0 Å². The molecule has 1 aliphatic rings. The molecule has 116 valence electrons. The topological polar surface area (TPSA) is 48.0 Å². The fourth-order valence-corrected chi connectivity index (χ4v) is 2.58. The van der Waals surface area contributed by atoms with Crippen LogP contribution in [-0.2, 0) is 20.8 Å². The zero-order valence-corrected chi connectivity index (χ0v) is 12.7. The molecule has 1 saturated heterocycles. The van der Waals surface area contributed by atoms with Crippen LogP contribution in [0.3, 0.4) is 0 Å². The van der Waals surface area contributed by atoms with Crippen LogP contribution >= 0.6 is 0 Å². The fraction of sp³-hybridized carbons (Fsp3) is 0.562. The Balaban J connectivity index is 2.04. The Labute approximate surface area is 125 Å². The molecule has 0 unspecified atom stereocenters. The van der Waals surface area contributed by atoms with E-state index in [-0.39, 0.29) is 18.6 Å². The Hall–Kier alpha value is -1.59. The monoisotopic (exact) mass is 293 g/mol. The minimum atomic E-state index is -0.233. The molecule has 5 heteroatoms. The summed E-state index contributed by atoms with van der Waals surface area (Å²) in [6.07, 6.45) is 2.33. The van der Waals surface area contributed by atoms with Gasteiger partial charge in [0.05, 0.1) is 26.9 Å². The zero-order valence-electron chi connectivity index (χ0n) is 12.7. The van der Waals surface area contributed by atoms with Crippen LogP contribution < -0.4 is 4.74 Å². The number of carbonyl (C=O) groups excluding carboxylic acids is 1. The average molecular weight is 293 g/mol. The van der Waals surface area contributed by atoms with Crippen molar-refractivity contribution in [3.63, 3.8) is 0 Å². The number of rotatable bonds is 7. The molecule has 0 radical (unpaired) electrons. The smallest absolute Gasteiger partial charge is 0.319 e. The predicted octanol–water partition coefficient (Wildman–Crippen LogP) is 1.85. The van der Waals surface area contributed by atoms with E-state index in [2.05, 4.69) is 4.90 Å². The molecule has 2 rings (SSSR count). The average Bonchev–Trinajstić information content (AvgIpc) is 3.00. The van der Waals surface area contributed by atoms with E-state index in [0.29, 0.717) is 6.54 Å². The molecule has 1 aromatic carbocycles. The molecule has 0 N–H and O–H groups in total. The van der Waals surface area contributed by atoms with E-state index in [4.69, 9.17) is 14.2 Å². The molecular formula is C16H23NO4. The first-order valence-electron chi connectivity index (χ1n) is 7.25. The second-order valence-electron chi connectivity index (χ2n) is 5.19. The first-order valence-corrected chi connectivity index (χ1v) is 7.25. The quantitative estimate of drug-likeness (QED) is 0.718. The van der Waals surface area contributed by atoms with Gasteiger partial charge in [-0.3, -0.25) is 9.69 Å². The Morgan fingerprint density at radius 3 is 2.86 bits per heavy atom. The third kappa shape index (κ3) is 4.72. The van der Waals surface area contributed by atoms with E-state index >= 15 is 0 Å². The van der Waals surface area contributed by atoms with Crippen molar-refractivity contribution in [3.05, 3.63) is 29.8 Å². The molecule has 0 aromatic heterocycles. The summed E-state index contributed by atoms with van der Waals surface area (Å²) in [5.41, 5.74) is 1.06. The maximum atomic E-state index is 11.6. The van der Waals surface area contributed by atoms with Crippen molar-refractivity contribution in [2.24, 2.45) is 0 Å². The highest BCUT2D eigenvalue weighted by Gasteiger charge is 2.22. The summed E-state index contributed by atoms with van der Waals surface area (Å²) in [7, 11) is 3.07. The molecule has 21 heavy (non-hydrogen) atoms. The van der Waals surface area contributed by atoms with Crippen molar-refractivity contribution in [2.75, 3.05) is 33.9 Å². The number of hydrogen-bond acceptors (Lipinski definition) is 5. The van der Waals surface area contributed by atoms with Crippen molar-refractivity contribution in [2.45, 2.75) is 25.5 Å². The van der Waals surface area contributed by atoms with Crippen molar-refractivity contribution in [3.8, 4) is 5.75 Å². The van der Waals surface area contributed by atoms with Crippen LogP contribution in [0.2, 0.25) is 0 Å². The maximum Gasteiger partial charge on any atom is 0.319 e. The van der Waals surface area contributed by atoms with Crippen molar-refractivity contribution in [1.82, 2.24) is 4.90 Å². The van der Waals surface area contributed by atoms with Crippen LogP contribution in [0, 0.1) is 0 Å². The lowest BCUT2D eigenvalue weighted by molar-refractivity contribution is -0.142. The maximum absolute atomic E-state index is 11.6. The normalized spacial score (nSPS) is 18.0. The Morgan fingerprint density at radius 1 is 1.38 bits per heavy atom. The van der Waals surface area contributed by atoms with Crippen molar-refractivity contribution >= 4 is 5.97 Å². The number of ether oxygens (including phenoxy) is 3. The first-order chi connectivity index (χ1) is 10.2. The van der Waals surface area contributed by atoms with Gasteiger partial charge in [-0.15, -0.1) is 0 Å². The molecule has 0 saturated carbocycles. The second kappa shape index (κ2) is 8.00. The van der Waals surface area contributed by atoms with E-state index in [0.717, 1.165) is 37.3 Å². The molecule has 0 spiro atoms. The Kier molecular flexibility index (Phi) is 6.02. The standard InChI is InChI=1S/C16H23NO4/c1-19-15-8-4-3-6-13(15)10-17(12-16(18)20-2)11-14-7-5-9-21-14/h3-4,6,8,14H,5,7,9-12H2,1-2H3/t14-/m1/s1. The van der Waals surface area contributed by atoms with Gasteiger partial charge >= 0.3 is 5.97 Å². The van der Waals surface area contributed by atoms with Gasteiger partial charge in [0.2, 0.25) is 0 Å². The summed E-state index contributed by atoms with van der Waals surface area (Å²) in [5, 5.41) is 0. The molecule has 1 atom stereocenters. The second-order valence-corrected chi connectivity index (χ2v) is 5.19. The van der Waals surface area contributed by atoms with Gasteiger partial charge in [-0.2, -0.15) is 0 Å². The van der Waals surface area contributed by atoms with E-state index in [1.54, 1.807) is 7.11 Å². The van der Waals surface area contributed by atoms with Crippen molar-refractivity contribution in [1.29, 1.82) is 0 Å². The number of esters is 1. The van der Waals surface area contributed by atoms with Gasteiger partial charge in [0.1, 0.15) is 5.75 Å². The largest absolute Gasteiger partial charge is 0.496 e. The zero-order chi connectivity index (χ0) is 15.1. The number of methoxy groups -OCH3 is 2. The van der Waals surface area contributed by atoms with Gasteiger partial charge in [-0.25, -0.2) is 0 Å². The van der Waals surface area contributed by atoms with Gasteiger partial charge in [-0.05, 0) is 18.9 Å². The fourth-order valence-electron chi connectivity index (χ4n) is 2.58. The number of nitrogens with zero attached hydrogens (tertiary/aromatic N) is 1. The van der Waals surface area contributed by atoms with Gasteiger partial charge < -0.3 is 14.2 Å². The third-order valence-electron chi connectivity index (χ3n) is 3.65. The van der Waals surface area contributed by atoms with Gasteiger partial charge in [0, 0.05) is 25.3 Å². The predicted molar refractivity (Wildman–Crippen MR) is 79.3 cm³/mol. The molecular weight excluding hydrogens is 270 g/mol. The molecule has 1 aliphatic heterocycles. The summed E-state index contributed by atoms with van der Waals surface area (Å²) in [6.45, 7) is 2.44. The van der Waals surface area contributed by atoms with Crippen LogP contribution in [0.4, 0.5) is 0 Å². The minimum absolute atomic E-state index is 0.198. The van der Waals surface area contributed by atoms with E-state index < -0.39 is 0 Å². The molecule has 0 aliphatic carbocycles. The summed E-state index contributed by atoms with van der Waals surface area (Å²) in [4.78, 5) is 13.7. The van der Waals surface area contributed by atoms with Crippen LogP contribution in [-0.4, -0.2) is 50.9 Å². The van der Waals surface area contributed by atoms with E-state index in [1.807, 2.05) is 24.3 Å². The number of para-hydroxylation sites is 1. The van der Waals surface area contributed by atoms with Crippen molar-refractivity contribution < 1.29 is 19.0 Å². The molecule has 5 nitrogen and oxygen atoms in total. The molecule has 0 bridgehead atoms. The lowest BCUT2D eigenvalue weighted by Crippen LogP contribution is -2.36. The van der Waals surface area contributed by atoms with Gasteiger partial charge in [0.25, 0.3) is 0 Å². The molecule has 1 aromatic rings. The Morgan fingerprint density at radius 2 is 2.19 bits per heavy atom. The Bertz CT molecular complexity index is 457. The highest BCUT2D eigenvalue weighted by atomic mass is 16.5. The van der Waals surface area contributed by atoms with Crippen LogP contribution in [0.5, 0.6) is 5.75 Å². The van der Waals surface area contributed by atoms with E-state index in [1.165, 1.54) is 7.11 Å². The SMILES string of the molecule is COC(=O)CN(Cc1ccccc1OC)C[C@H]1CCCO1. The van der Waals surface area contributed by atoms with Crippen LogP contribution in [0.1, 0.15) is 18.4 Å². The summed E-state index contributed by atoms with van der Waals surface area (Å²) in [6, 6.07) is 7.85. The first kappa shape index (κ1) is 15.8. The number of hydrogen-bond donors (Lipinski definition) is 0. The van der Waals surface area contributed by atoms with Gasteiger partial charge in [-0.1, -0.05) is 18.2 Å². The summed E-state index contributed by atoms with van der Waals surface area (Å²) < 4.78 is 15.8. The minimum Gasteiger partial charge on any atom is -0.496 e. The molecule has 1 fully saturated rings. The number of benzene rings is 1. The molecule has 1 heterocycles. The summed E-state index contributed by atoms with van der Waals surface area (Å²) in [5.74, 6) is 0.600. The van der Waals surface area contributed by atoms with Crippen LogP contribution in [0.25, 0.3) is 0 Å². The lowest BCUT2D eigenvalue weighted by Gasteiger charge is -2.24. The highest BCUT2D eigenvalue weighted by Crippen LogP contribution is 2.21. The highest BCUT2D eigenvalue weighted by molar-refractivity contribution is 5.71. The number of carbonyl (C=O) groups is 1. The summed E-state index contributed by atoms with van der Waals surface area (Å²) >= 11 is 0. The third-order valence-corrected chi connectivity index (χ3v) is 3.65.